The minimum Gasteiger partial charge on any atom is -0.480 e. The molecular weight excluding hydrogens is 246 g/mol. The first-order valence-corrected chi connectivity index (χ1v) is 6.80. The Morgan fingerprint density at radius 1 is 1.11 bits per heavy atom. The number of nitrogens with two attached hydrogens (primary N) is 1. The molecular formula is C14H35NO4. The number of ether oxygens (including phenoxy) is 1. The standard InChI is InChI=1S/C5H10O2.C3H7NO2.3C2H6/c1-5(2,3)7-4-6;1-2(4)3(5)6;3*1-2/h4H,1-3H3;2H,4H2,1H3,(H,5,6);3*1-2H3/t;2-;;;/m.0.../s1. The van der Waals surface area contributed by atoms with Crippen molar-refractivity contribution in [2.45, 2.75) is 80.9 Å². The first-order valence-electron chi connectivity index (χ1n) is 6.80. The van der Waals surface area contributed by atoms with Gasteiger partial charge < -0.3 is 15.6 Å². The van der Waals surface area contributed by atoms with Gasteiger partial charge in [-0.25, -0.2) is 0 Å². The van der Waals surface area contributed by atoms with Gasteiger partial charge in [-0.3, -0.25) is 9.59 Å². The number of carbonyl (C=O) groups is 2. The van der Waals surface area contributed by atoms with Gasteiger partial charge in [-0.2, -0.15) is 0 Å². The number of carbonyl (C=O) groups excluding carboxylic acids is 1. The third-order valence-electron chi connectivity index (χ3n) is 0.791. The molecule has 5 nitrogen and oxygen atoms in total. The molecule has 0 unspecified atom stereocenters. The lowest BCUT2D eigenvalue weighted by atomic mass is 10.2. The molecule has 0 aliphatic heterocycles. The van der Waals surface area contributed by atoms with E-state index in [4.69, 9.17) is 10.8 Å². The maximum absolute atomic E-state index is 9.60. The van der Waals surface area contributed by atoms with Gasteiger partial charge in [0.25, 0.3) is 6.47 Å². The van der Waals surface area contributed by atoms with Crippen LogP contribution in [-0.2, 0) is 14.3 Å². The van der Waals surface area contributed by atoms with Crippen LogP contribution >= 0.6 is 0 Å². The first kappa shape index (κ1) is 30.7. The number of carboxylic acid groups (broad SMARTS) is 1. The van der Waals surface area contributed by atoms with Crippen molar-refractivity contribution in [3.05, 3.63) is 0 Å². The lowest BCUT2D eigenvalue weighted by molar-refractivity contribution is -0.139. The SMILES string of the molecule is CC.CC.CC.CC(C)(C)OC=O.C[C@H](N)C(=O)O. The molecule has 0 aliphatic carbocycles. The number of carboxylic acids is 1. The second-order valence-corrected chi connectivity index (χ2v) is 3.45. The van der Waals surface area contributed by atoms with Gasteiger partial charge in [0, 0.05) is 0 Å². The lowest BCUT2D eigenvalue weighted by Gasteiger charge is -2.14. The summed E-state index contributed by atoms with van der Waals surface area (Å²) in [4.78, 5) is 19.2. The Kier molecular flexibility index (Phi) is 41.5. The van der Waals surface area contributed by atoms with Crippen molar-refractivity contribution in [1.29, 1.82) is 0 Å². The molecule has 0 saturated carbocycles. The predicted octanol–water partition coefficient (Wildman–Crippen LogP) is 3.45. The Labute approximate surface area is 119 Å². The highest BCUT2D eigenvalue weighted by molar-refractivity contribution is 5.72. The Bertz CT molecular complexity index is 163. The highest BCUT2D eigenvalue weighted by Crippen LogP contribution is 2.02. The van der Waals surface area contributed by atoms with E-state index in [1.807, 2.05) is 62.3 Å². The van der Waals surface area contributed by atoms with Crippen LogP contribution in [0.15, 0.2) is 0 Å². The van der Waals surface area contributed by atoms with Crippen LogP contribution in [0.25, 0.3) is 0 Å². The minimum absolute atomic E-state index is 0.318. The Balaban J connectivity index is -0.0000000495. The summed E-state index contributed by atoms with van der Waals surface area (Å²) in [5, 5.41) is 7.87. The van der Waals surface area contributed by atoms with Crippen LogP contribution in [0, 0.1) is 0 Å². The van der Waals surface area contributed by atoms with Gasteiger partial charge in [-0.1, -0.05) is 41.5 Å². The van der Waals surface area contributed by atoms with Crippen LogP contribution in [0.3, 0.4) is 0 Å². The monoisotopic (exact) mass is 281 g/mol. The topological polar surface area (TPSA) is 89.6 Å². The maximum Gasteiger partial charge on any atom is 0.320 e. The second-order valence-electron chi connectivity index (χ2n) is 3.45. The molecule has 0 heterocycles. The van der Waals surface area contributed by atoms with E-state index >= 15 is 0 Å². The van der Waals surface area contributed by atoms with Crippen LogP contribution in [0.1, 0.15) is 69.2 Å². The zero-order valence-corrected chi connectivity index (χ0v) is 14.4. The van der Waals surface area contributed by atoms with Gasteiger partial charge in [0.1, 0.15) is 11.6 Å². The zero-order valence-electron chi connectivity index (χ0n) is 14.4. The highest BCUT2D eigenvalue weighted by atomic mass is 16.5. The first-order chi connectivity index (χ1) is 8.70. The van der Waals surface area contributed by atoms with Crippen molar-refractivity contribution in [3.8, 4) is 0 Å². The molecule has 0 spiro atoms. The summed E-state index contributed by atoms with van der Waals surface area (Å²) in [6.45, 7) is 19.3. The van der Waals surface area contributed by atoms with Crippen molar-refractivity contribution in [2.24, 2.45) is 5.73 Å². The van der Waals surface area contributed by atoms with Crippen molar-refractivity contribution in [1.82, 2.24) is 0 Å². The number of hydrogen-bond acceptors (Lipinski definition) is 4. The van der Waals surface area contributed by atoms with Crippen molar-refractivity contribution >= 4 is 12.4 Å². The van der Waals surface area contributed by atoms with Gasteiger partial charge in [0.05, 0.1) is 0 Å². The normalized spacial score (nSPS) is 9.21. The molecule has 0 rings (SSSR count). The summed E-state index contributed by atoms with van der Waals surface area (Å²) in [6.07, 6.45) is 0. The summed E-state index contributed by atoms with van der Waals surface area (Å²) in [5.74, 6) is -0.963. The summed E-state index contributed by atoms with van der Waals surface area (Å²) in [6, 6.07) is -0.731. The molecule has 0 amide bonds. The summed E-state index contributed by atoms with van der Waals surface area (Å²) >= 11 is 0. The van der Waals surface area contributed by atoms with Crippen LogP contribution in [0.5, 0.6) is 0 Å². The summed E-state index contributed by atoms with van der Waals surface area (Å²) in [7, 11) is 0. The predicted molar refractivity (Wildman–Crippen MR) is 82.2 cm³/mol. The molecule has 120 valence electrons. The van der Waals surface area contributed by atoms with Gasteiger partial charge in [0.2, 0.25) is 0 Å². The smallest absolute Gasteiger partial charge is 0.320 e. The molecule has 0 fully saturated rings. The molecule has 1 atom stereocenters. The molecule has 0 saturated heterocycles. The fourth-order valence-electron chi connectivity index (χ4n) is 0.144. The molecule has 0 aromatic carbocycles. The molecule has 0 radical (unpaired) electrons. The summed E-state index contributed by atoms with van der Waals surface area (Å²) in [5.41, 5.74) is 4.52. The maximum atomic E-state index is 9.60. The van der Waals surface area contributed by atoms with Gasteiger partial charge in [0.15, 0.2) is 0 Å². The Morgan fingerprint density at radius 2 is 1.32 bits per heavy atom. The van der Waals surface area contributed by atoms with E-state index in [1.165, 1.54) is 6.92 Å². The van der Waals surface area contributed by atoms with E-state index in [1.54, 1.807) is 0 Å². The van der Waals surface area contributed by atoms with Crippen LogP contribution < -0.4 is 5.73 Å². The van der Waals surface area contributed by atoms with Gasteiger partial charge in [-0.15, -0.1) is 0 Å². The average Bonchev–Trinajstić information content (AvgIpc) is 2.36. The van der Waals surface area contributed by atoms with Gasteiger partial charge in [-0.05, 0) is 27.7 Å². The Hall–Kier alpha value is -1.10. The molecule has 0 aromatic heterocycles. The fraction of sp³-hybridized carbons (Fsp3) is 0.857. The highest BCUT2D eigenvalue weighted by Gasteiger charge is 2.07. The molecule has 3 N–H and O–H groups in total. The van der Waals surface area contributed by atoms with Crippen LogP contribution in [-0.4, -0.2) is 29.2 Å². The van der Waals surface area contributed by atoms with Gasteiger partial charge >= 0.3 is 5.97 Å². The largest absolute Gasteiger partial charge is 0.480 e. The Morgan fingerprint density at radius 3 is 1.32 bits per heavy atom. The second kappa shape index (κ2) is 25.7. The van der Waals surface area contributed by atoms with E-state index in [0.29, 0.717) is 6.47 Å². The molecule has 5 heteroatoms. The minimum atomic E-state index is -0.963. The van der Waals surface area contributed by atoms with Crippen LogP contribution in [0.4, 0.5) is 0 Å². The van der Waals surface area contributed by atoms with Crippen molar-refractivity contribution < 1.29 is 19.4 Å². The summed E-state index contributed by atoms with van der Waals surface area (Å²) < 4.78 is 4.55. The zero-order chi connectivity index (χ0) is 17.1. The van der Waals surface area contributed by atoms with E-state index in [9.17, 15) is 9.59 Å². The number of aliphatic carboxylic acids is 1. The van der Waals surface area contributed by atoms with E-state index in [-0.39, 0.29) is 5.60 Å². The fourth-order valence-corrected chi connectivity index (χ4v) is 0.144. The van der Waals surface area contributed by atoms with E-state index in [0.717, 1.165) is 0 Å². The quantitative estimate of drug-likeness (QED) is 0.757. The van der Waals surface area contributed by atoms with E-state index in [2.05, 4.69) is 4.74 Å². The van der Waals surface area contributed by atoms with Crippen molar-refractivity contribution in [2.75, 3.05) is 0 Å². The lowest BCUT2D eigenvalue weighted by Crippen LogP contribution is -2.25. The third-order valence-corrected chi connectivity index (χ3v) is 0.791. The number of rotatable bonds is 2. The van der Waals surface area contributed by atoms with Crippen LogP contribution in [0.2, 0.25) is 0 Å². The van der Waals surface area contributed by atoms with Crippen molar-refractivity contribution in [3.63, 3.8) is 0 Å². The van der Waals surface area contributed by atoms with E-state index < -0.39 is 12.0 Å². The molecule has 0 bridgehead atoms. The molecule has 0 aliphatic rings. The molecule has 19 heavy (non-hydrogen) atoms. The molecule has 0 aromatic rings. The average molecular weight is 281 g/mol. The number of hydrogen-bond donors (Lipinski definition) is 2. The third kappa shape index (κ3) is 78.8.